The summed E-state index contributed by atoms with van der Waals surface area (Å²) in [4.78, 5) is 8.81. The Labute approximate surface area is 235 Å². The van der Waals surface area contributed by atoms with Crippen LogP contribution in [-0.2, 0) is 0 Å². The second-order valence-corrected chi connectivity index (χ2v) is 10.5. The molecule has 0 amide bonds. The molecule has 2 aromatic heterocycles. The molecule has 0 bridgehead atoms. The van der Waals surface area contributed by atoms with E-state index >= 15 is 0 Å². The predicted octanol–water partition coefficient (Wildman–Crippen LogP) is 6.76. The molecule has 1 atom stereocenters. The third-order valence-corrected chi connectivity index (χ3v) is 7.63. The van der Waals surface area contributed by atoms with Crippen molar-refractivity contribution in [2.24, 2.45) is 0 Å². The second kappa shape index (κ2) is 11.3. The number of fused-ring (bicyclic) bond motifs is 1. The van der Waals surface area contributed by atoms with E-state index in [1.807, 2.05) is 23.0 Å². The minimum atomic E-state index is -0.488. The molecule has 1 aliphatic heterocycles. The molecule has 3 heterocycles. The molecule has 1 aliphatic carbocycles. The first kappa shape index (κ1) is 25.7. The molecule has 8 nitrogen and oxygen atoms in total. The van der Waals surface area contributed by atoms with E-state index in [9.17, 15) is 4.39 Å². The molecule has 0 unspecified atom stereocenters. The smallest absolute Gasteiger partial charge is 0.141 e. The molecule has 1 fully saturated rings. The summed E-state index contributed by atoms with van der Waals surface area (Å²) in [6.07, 6.45) is 14.1. The van der Waals surface area contributed by atoms with Gasteiger partial charge in [-0.25, -0.2) is 19.0 Å². The van der Waals surface area contributed by atoms with Gasteiger partial charge < -0.3 is 16.0 Å². The van der Waals surface area contributed by atoms with Gasteiger partial charge in [-0.2, -0.15) is 0 Å². The predicted molar refractivity (Wildman–Crippen MR) is 153 cm³/mol. The minimum Gasteiger partial charge on any atom is -0.373 e. The molecule has 4 aromatic rings. The molecule has 0 saturated carbocycles. The van der Waals surface area contributed by atoms with Gasteiger partial charge in [0.05, 0.1) is 33.8 Å². The fourth-order valence-corrected chi connectivity index (χ4v) is 5.48. The van der Waals surface area contributed by atoms with Crippen LogP contribution in [0.1, 0.15) is 43.5 Å². The van der Waals surface area contributed by atoms with Crippen LogP contribution >= 0.6 is 23.2 Å². The maximum Gasteiger partial charge on any atom is 0.141 e. The molecule has 11 heteroatoms. The lowest BCUT2D eigenvalue weighted by molar-refractivity contribution is 0.337. The summed E-state index contributed by atoms with van der Waals surface area (Å²) in [5.74, 6) is 0.0388. The summed E-state index contributed by atoms with van der Waals surface area (Å²) in [7, 11) is 0. The van der Waals surface area contributed by atoms with Gasteiger partial charge in [0.25, 0.3) is 0 Å². The summed E-state index contributed by atoms with van der Waals surface area (Å²) < 4.78 is 15.7. The van der Waals surface area contributed by atoms with E-state index in [1.165, 1.54) is 18.5 Å². The summed E-state index contributed by atoms with van der Waals surface area (Å²) in [6, 6.07) is 8.34. The second-order valence-electron chi connectivity index (χ2n) is 9.70. The van der Waals surface area contributed by atoms with Crippen molar-refractivity contribution in [1.82, 2.24) is 30.3 Å². The zero-order chi connectivity index (χ0) is 26.8. The van der Waals surface area contributed by atoms with Crippen molar-refractivity contribution in [2.75, 3.05) is 23.7 Å². The van der Waals surface area contributed by atoms with Gasteiger partial charge in [0.1, 0.15) is 23.7 Å². The highest BCUT2D eigenvalue weighted by molar-refractivity contribution is 6.35. The number of rotatable bonds is 7. The van der Waals surface area contributed by atoms with Crippen molar-refractivity contribution in [2.45, 2.75) is 37.8 Å². The minimum absolute atomic E-state index is 0.0212. The number of piperidine rings is 1. The number of hydrogen-bond acceptors (Lipinski definition) is 7. The number of nitrogens with zero attached hydrogens (tertiary/aromatic N) is 5. The highest BCUT2D eigenvalue weighted by atomic mass is 35.5. The highest BCUT2D eigenvalue weighted by Gasteiger charge is 2.23. The summed E-state index contributed by atoms with van der Waals surface area (Å²) >= 11 is 12.7. The standard InChI is InChI=1S/C28H27Cl2FN8/c29-22-13-18(6-7-24(22)31)36-28-21-12-19(14-23(30)27(21)33-16-34-28)35-26(17-4-2-1-3-5-17)25-15-39(38-37-25)20-8-10-32-11-9-20/h2,4-7,12-16,20,26,32,35H,1,3,8-11H2,(H,33,34,36)/t26-/m0/s1. The lowest BCUT2D eigenvalue weighted by atomic mass is 9.97. The Hall–Kier alpha value is -3.53. The Morgan fingerprint density at radius 3 is 2.67 bits per heavy atom. The number of hydrogen-bond donors (Lipinski definition) is 3. The van der Waals surface area contributed by atoms with E-state index in [4.69, 9.17) is 23.2 Å². The van der Waals surface area contributed by atoms with Gasteiger partial charge in [0, 0.05) is 16.8 Å². The molecule has 2 aliphatic rings. The molecule has 1 saturated heterocycles. The van der Waals surface area contributed by atoms with Gasteiger partial charge in [-0.3, -0.25) is 0 Å². The molecule has 200 valence electrons. The quantitative estimate of drug-likeness (QED) is 0.228. The van der Waals surface area contributed by atoms with Crippen LogP contribution in [0.2, 0.25) is 10.0 Å². The first-order valence-electron chi connectivity index (χ1n) is 13.0. The zero-order valence-corrected chi connectivity index (χ0v) is 22.6. The van der Waals surface area contributed by atoms with Gasteiger partial charge in [0.2, 0.25) is 0 Å². The first-order valence-corrected chi connectivity index (χ1v) is 13.7. The van der Waals surface area contributed by atoms with E-state index in [2.05, 4.69) is 54.5 Å². The summed E-state index contributed by atoms with van der Waals surface area (Å²) in [5, 5.41) is 20.5. The Morgan fingerprint density at radius 1 is 1.03 bits per heavy atom. The summed E-state index contributed by atoms with van der Waals surface area (Å²) in [5.41, 5.74) is 3.94. The van der Waals surface area contributed by atoms with Crippen molar-refractivity contribution >= 4 is 51.3 Å². The Balaban J connectivity index is 1.35. The maximum atomic E-state index is 13.7. The van der Waals surface area contributed by atoms with Crippen LogP contribution in [-0.4, -0.2) is 38.1 Å². The van der Waals surface area contributed by atoms with Crippen molar-refractivity contribution in [1.29, 1.82) is 0 Å². The maximum absolute atomic E-state index is 13.7. The first-order chi connectivity index (χ1) is 19.0. The third-order valence-electron chi connectivity index (χ3n) is 7.05. The van der Waals surface area contributed by atoms with Gasteiger partial charge in [0.15, 0.2) is 0 Å². The van der Waals surface area contributed by atoms with Crippen LogP contribution in [0.3, 0.4) is 0 Å². The Kier molecular flexibility index (Phi) is 7.45. The topological polar surface area (TPSA) is 92.6 Å². The summed E-state index contributed by atoms with van der Waals surface area (Å²) in [6.45, 7) is 1.96. The molecular weight excluding hydrogens is 538 g/mol. The zero-order valence-electron chi connectivity index (χ0n) is 21.0. The Morgan fingerprint density at radius 2 is 1.87 bits per heavy atom. The van der Waals surface area contributed by atoms with E-state index in [-0.39, 0.29) is 11.1 Å². The van der Waals surface area contributed by atoms with Gasteiger partial charge in [-0.05, 0) is 74.7 Å². The van der Waals surface area contributed by atoms with Crippen molar-refractivity contribution in [3.05, 3.63) is 88.2 Å². The molecular formula is C28H27Cl2FN8. The van der Waals surface area contributed by atoms with E-state index in [0.29, 0.717) is 33.5 Å². The lowest BCUT2D eigenvalue weighted by Gasteiger charge is -2.23. The van der Waals surface area contributed by atoms with Crippen LogP contribution in [0.15, 0.2) is 66.7 Å². The van der Waals surface area contributed by atoms with E-state index in [1.54, 1.807) is 6.07 Å². The average Bonchev–Trinajstić information content (AvgIpc) is 3.45. The van der Waals surface area contributed by atoms with Crippen LogP contribution < -0.4 is 16.0 Å². The van der Waals surface area contributed by atoms with Crippen LogP contribution in [0.5, 0.6) is 0 Å². The molecule has 6 rings (SSSR count). The number of anilines is 3. The van der Waals surface area contributed by atoms with E-state index in [0.717, 1.165) is 55.7 Å². The van der Waals surface area contributed by atoms with Crippen LogP contribution in [0, 0.1) is 5.82 Å². The van der Waals surface area contributed by atoms with Gasteiger partial charge in [-0.15, -0.1) is 5.10 Å². The normalized spacial score (nSPS) is 16.7. The van der Waals surface area contributed by atoms with Crippen molar-refractivity contribution in [3.8, 4) is 0 Å². The molecule has 3 N–H and O–H groups in total. The number of benzene rings is 2. The van der Waals surface area contributed by atoms with Crippen molar-refractivity contribution in [3.63, 3.8) is 0 Å². The fourth-order valence-electron chi connectivity index (χ4n) is 5.03. The van der Waals surface area contributed by atoms with E-state index < -0.39 is 5.82 Å². The monoisotopic (exact) mass is 564 g/mol. The molecule has 0 radical (unpaired) electrons. The third kappa shape index (κ3) is 5.61. The van der Waals surface area contributed by atoms with Gasteiger partial charge in [-0.1, -0.05) is 46.6 Å². The molecule has 2 aromatic carbocycles. The van der Waals surface area contributed by atoms with Crippen LogP contribution in [0.4, 0.5) is 21.6 Å². The number of aromatic nitrogens is 5. The highest BCUT2D eigenvalue weighted by Crippen LogP contribution is 2.35. The van der Waals surface area contributed by atoms with Gasteiger partial charge >= 0.3 is 0 Å². The largest absolute Gasteiger partial charge is 0.373 e. The Bertz CT molecular complexity index is 1560. The SMILES string of the molecule is Fc1ccc(Nc2ncnc3c(Cl)cc(N[C@@H](C4=CCCC=C4)c4cn(C5CCNCC5)nn4)cc23)cc1Cl. The fraction of sp³-hybridized carbons (Fsp3) is 0.286. The average molecular weight is 565 g/mol. The molecule has 0 spiro atoms. The lowest BCUT2D eigenvalue weighted by Crippen LogP contribution is -2.29. The molecule has 39 heavy (non-hydrogen) atoms. The number of nitrogens with one attached hydrogen (secondary N) is 3. The number of allylic oxidation sites excluding steroid dienone is 2. The van der Waals surface area contributed by atoms with Crippen LogP contribution in [0.25, 0.3) is 10.9 Å². The number of halogens is 3. The van der Waals surface area contributed by atoms with Crippen molar-refractivity contribution < 1.29 is 4.39 Å².